The molecule has 0 bridgehead atoms. The van der Waals surface area contributed by atoms with Gasteiger partial charge < -0.3 is 33.6 Å². The van der Waals surface area contributed by atoms with E-state index in [1.165, 1.54) is 0 Å². The highest BCUT2D eigenvalue weighted by Gasteiger charge is 2.13. The highest BCUT2D eigenvalue weighted by atomic mass is 16.2. The summed E-state index contributed by atoms with van der Waals surface area (Å²) in [5, 5.41) is 5.53. The van der Waals surface area contributed by atoms with E-state index in [0.29, 0.717) is 45.4 Å². The molecule has 8 nitrogen and oxygen atoms in total. The topological polar surface area (TPSA) is 162 Å². The highest BCUT2D eigenvalue weighted by Crippen LogP contribution is 1.99. The van der Waals surface area contributed by atoms with E-state index in [0.717, 1.165) is 25.7 Å². The molecule has 23 heavy (non-hydrogen) atoms. The molecule has 0 aliphatic heterocycles. The number of carbonyl (C=O) groups is 2. The van der Waals surface area contributed by atoms with Crippen molar-refractivity contribution in [1.29, 1.82) is 0 Å². The van der Waals surface area contributed by atoms with E-state index in [9.17, 15) is 9.59 Å². The van der Waals surface area contributed by atoms with Gasteiger partial charge in [-0.3, -0.25) is 9.59 Å². The van der Waals surface area contributed by atoms with E-state index < -0.39 is 12.1 Å². The Hall–Kier alpha value is -1.22. The second-order valence-corrected chi connectivity index (χ2v) is 5.72. The van der Waals surface area contributed by atoms with Crippen LogP contribution in [0.25, 0.3) is 0 Å². The van der Waals surface area contributed by atoms with Crippen LogP contribution in [0.1, 0.15) is 44.9 Å². The van der Waals surface area contributed by atoms with Gasteiger partial charge in [-0.25, -0.2) is 0 Å². The Kier molecular flexibility index (Phi) is 13.6. The van der Waals surface area contributed by atoms with Crippen molar-refractivity contribution in [2.24, 2.45) is 22.9 Å². The molecule has 2 unspecified atom stereocenters. The maximum absolute atomic E-state index is 11.7. The van der Waals surface area contributed by atoms with Gasteiger partial charge in [-0.15, -0.1) is 0 Å². The molecule has 0 saturated carbocycles. The van der Waals surface area contributed by atoms with Gasteiger partial charge in [0.25, 0.3) is 0 Å². The van der Waals surface area contributed by atoms with E-state index in [1.54, 1.807) is 0 Å². The Morgan fingerprint density at radius 1 is 0.696 bits per heavy atom. The fraction of sp³-hybridized carbons (Fsp3) is 0.867. The number of unbranched alkanes of at least 4 members (excludes halogenated alkanes) is 2. The molecule has 0 aromatic heterocycles. The van der Waals surface area contributed by atoms with Crippen LogP contribution in [-0.4, -0.2) is 50.1 Å². The molecule has 0 aromatic rings. The van der Waals surface area contributed by atoms with Crippen molar-refractivity contribution in [1.82, 2.24) is 10.6 Å². The minimum atomic E-state index is -0.493. The first-order chi connectivity index (χ1) is 11.0. The predicted molar refractivity (Wildman–Crippen MR) is 92.4 cm³/mol. The smallest absolute Gasteiger partial charge is 0.236 e. The minimum Gasteiger partial charge on any atom is -0.355 e. The van der Waals surface area contributed by atoms with Gasteiger partial charge >= 0.3 is 0 Å². The predicted octanol–water partition coefficient (Wildman–Crippen LogP) is -1.48. The first kappa shape index (κ1) is 21.8. The number of rotatable bonds is 14. The second-order valence-electron chi connectivity index (χ2n) is 5.72. The van der Waals surface area contributed by atoms with Crippen molar-refractivity contribution in [2.45, 2.75) is 57.0 Å². The molecule has 0 aromatic carbocycles. The lowest BCUT2D eigenvalue weighted by atomic mass is 10.1. The van der Waals surface area contributed by atoms with Gasteiger partial charge in [0, 0.05) is 13.1 Å². The largest absolute Gasteiger partial charge is 0.355 e. The van der Waals surface area contributed by atoms with Crippen LogP contribution < -0.4 is 33.6 Å². The van der Waals surface area contributed by atoms with Gasteiger partial charge in [-0.05, 0) is 45.2 Å². The average molecular weight is 330 g/mol. The zero-order chi connectivity index (χ0) is 17.5. The van der Waals surface area contributed by atoms with Crippen LogP contribution in [0.4, 0.5) is 0 Å². The summed E-state index contributed by atoms with van der Waals surface area (Å²) in [7, 11) is 0. The summed E-state index contributed by atoms with van der Waals surface area (Å²) in [6, 6.07) is -0.987. The number of hydrogen-bond acceptors (Lipinski definition) is 6. The van der Waals surface area contributed by atoms with Crippen LogP contribution in [0.5, 0.6) is 0 Å². The maximum Gasteiger partial charge on any atom is 0.236 e. The zero-order valence-electron chi connectivity index (χ0n) is 14.1. The first-order valence-electron chi connectivity index (χ1n) is 8.49. The summed E-state index contributed by atoms with van der Waals surface area (Å²) in [5.41, 5.74) is 22.3. The Bertz CT molecular complexity index is 297. The van der Waals surface area contributed by atoms with Crippen molar-refractivity contribution >= 4 is 11.8 Å². The molecule has 2 atom stereocenters. The van der Waals surface area contributed by atoms with Gasteiger partial charge in [-0.2, -0.15) is 0 Å². The Labute approximate surface area is 139 Å². The van der Waals surface area contributed by atoms with Crippen molar-refractivity contribution < 1.29 is 9.59 Å². The van der Waals surface area contributed by atoms with E-state index >= 15 is 0 Å². The summed E-state index contributed by atoms with van der Waals surface area (Å²) in [6.45, 7) is 2.18. The molecule has 10 N–H and O–H groups in total. The summed E-state index contributed by atoms with van der Waals surface area (Å²) in [6.07, 6.45) is 5.36. The van der Waals surface area contributed by atoms with Gasteiger partial charge in [0.15, 0.2) is 0 Å². The van der Waals surface area contributed by atoms with Crippen LogP contribution in [-0.2, 0) is 9.59 Å². The number of nitrogens with one attached hydrogen (secondary N) is 2. The monoisotopic (exact) mass is 330 g/mol. The molecule has 0 saturated heterocycles. The summed E-state index contributed by atoms with van der Waals surface area (Å²) >= 11 is 0. The van der Waals surface area contributed by atoms with Gasteiger partial charge in [0.2, 0.25) is 11.8 Å². The Morgan fingerprint density at radius 3 is 1.43 bits per heavy atom. The number of hydrogen-bond donors (Lipinski definition) is 6. The van der Waals surface area contributed by atoms with Crippen LogP contribution in [0, 0.1) is 0 Å². The highest BCUT2D eigenvalue weighted by molar-refractivity contribution is 5.82. The van der Waals surface area contributed by atoms with Crippen LogP contribution in [0.2, 0.25) is 0 Å². The van der Waals surface area contributed by atoms with E-state index in [4.69, 9.17) is 22.9 Å². The van der Waals surface area contributed by atoms with Gasteiger partial charge in [0.05, 0.1) is 12.1 Å². The lowest BCUT2D eigenvalue weighted by molar-refractivity contribution is -0.122. The molecule has 2 amide bonds. The number of nitrogens with two attached hydrogens (primary N) is 4. The molecular weight excluding hydrogens is 296 g/mol. The number of amides is 2. The molecular formula is C15H34N6O2. The van der Waals surface area contributed by atoms with E-state index in [-0.39, 0.29) is 11.8 Å². The molecule has 0 heterocycles. The molecule has 0 fully saturated rings. The molecule has 0 rings (SSSR count). The van der Waals surface area contributed by atoms with Crippen molar-refractivity contribution in [3.05, 3.63) is 0 Å². The second kappa shape index (κ2) is 14.4. The van der Waals surface area contributed by atoms with Gasteiger partial charge in [0.1, 0.15) is 0 Å². The third-order valence-electron chi connectivity index (χ3n) is 3.56. The third-order valence-corrected chi connectivity index (χ3v) is 3.56. The summed E-state index contributed by atoms with van der Waals surface area (Å²) < 4.78 is 0. The molecule has 0 aliphatic carbocycles. The van der Waals surface area contributed by atoms with Crippen molar-refractivity contribution in [3.63, 3.8) is 0 Å². The summed E-state index contributed by atoms with van der Waals surface area (Å²) in [5.74, 6) is -0.321. The van der Waals surface area contributed by atoms with Crippen molar-refractivity contribution in [3.8, 4) is 0 Å². The van der Waals surface area contributed by atoms with Gasteiger partial charge in [-0.1, -0.05) is 12.8 Å². The average Bonchev–Trinajstić information content (AvgIpc) is 2.54. The lowest BCUT2D eigenvalue weighted by Crippen LogP contribution is -2.43. The third kappa shape index (κ3) is 11.9. The molecule has 0 radical (unpaired) electrons. The fourth-order valence-corrected chi connectivity index (χ4v) is 2.05. The minimum absolute atomic E-state index is 0.160. The van der Waals surface area contributed by atoms with E-state index in [2.05, 4.69) is 10.6 Å². The molecule has 136 valence electrons. The molecule has 8 heteroatoms. The normalized spacial score (nSPS) is 13.4. The van der Waals surface area contributed by atoms with E-state index in [1.807, 2.05) is 0 Å². The Morgan fingerprint density at radius 2 is 1.09 bits per heavy atom. The summed E-state index contributed by atoms with van der Waals surface area (Å²) in [4.78, 5) is 23.4. The zero-order valence-corrected chi connectivity index (χ0v) is 14.1. The number of carbonyl (C=O) groups excluding carboxylic acids is 2. The fourth-order valence-electron chi connectivity index (χ4n) is 2.05. The SMILES string of the molecule is NCCCCC(N)C(=O)NCCCNC(=O)C(N)CCCCN. The van der Waals surface area contributed by atoms with Crippen LogP contribution in [0.15, 0.2) is 0 Å². The van der Waals surface area contributed by atoms with Crippen LogP contribution in [0.3, 0.4) is 0 Å². The molecule has 0 spiro atoms. The first-order valence-corrected chi connectivity index (χ1v) is 8.49. The maximum atomic E-state index is 11.7. The lowest BCUT2D eigenvalue weighted by Gasteiger charge is -2.13. The quantitative estimate of drug-likeness (QED) is 0.213. The van der Waals surface area contributed by atoms with Crippen molar-refractivity contribution in [2.75, 3.05) is 26.2 Å². The molecule has 0 aliphatic rings. The Balaban J connectivity index is 3.63. The standard InChI is InChI=1S/C15H34N6O2/c16-8-3-1-6-12(18)14(22)20-10-5-11-21-15(23)13(19)7-2-4-9-17/h12-13H,1-11,16-19H2,(H,20,22)(H,21,23). The van der Waals surface area contributed by atoms with Crippen LogP contribution >= 0.6 is 0 Å².